The average molecular weight is 245 g/mol. The Labute approximate surface area is 104 Å². The number of nitrogens with zero attached hydrogens (tertiary/aromatic N) is 1. The lowest BCUT2D eigenvalue weighted by atomic mass is 10.1. The monoisotopic (exact) mass is 245 g/mol. The first-order valence-corrected chi connectivity index (χ1v) is 5.44. The third-order valence-corrected chi connectivity index (χ3v) is 2.50. The summed E-state index contributed by atoms with van der Waals surface area (Å²) >= 11 is 0. The van der Waals surface area contributed by atoms with Gasteiger partial charge in [0.05, 0.1) is 17.5 Å². The zero-order chi connectivity index (χ0) is 13.1. The molecule has 0 fully saturated rings. The van der Waals surface area contributed by atoms with Crippen LogP contribution in [0.5, 0.6) is 0 Å². The number of rotatable bonds is 4. The molecule has 0 saturated heterocycles. The lowest BCUT2D eigenvalue weighted by Crippen LogP contribution is -2.32. The third kappa shape index (κ3) is 2.02. The van der Waals surface area contributed by atoms with Gasteiger partial charge in [-0.3, -0.25) is 9.59 Å². The van der Waals surface area contributed by atoms with Crippen molar-refractivity contribution in [2.45, 2.75) is 12.8 Å². The van der Waals surface area contributed by atoms with Gasteiger partial charge in [-0.25, -0.2) is 4.79 Å². The smallest absolute Gasteiger partial charge is 0.330 e. The molecular formula is C13H11NO4. The maximum Gasteiger partial charge on any atom is 0.333 e. The van der Waals surface area contributed by atoms with E-state index in [1.807, 2.05) is 0 Å². The number of allylic oxidation sites excluding steroid dienone is 1. The summed E-state index contributed by atoms with van der Waals surface area (Å²) in [7, 11) is 0. The van der Waals surface area contributed by atoms with Crippen LogP contribution in [0.4, 0.5) is 0 Å². The van der Waals surface area contributed by atoms with E-state index in [0.29, 0.717) is 11.5 Å². The number of hydroxylamine groups is 2. The highest BCUT2D eigenvalue weighted by molar-refractivity contribution is 6.20. The van der Waals surface area contributed by atoms with Crippen molar-refractivity contribution in [2.75, 3.05) is 0 Å². The highest BCUT2D eigenvalue weighted by atomic mass is 16.7. The minimum Gasteiger partial charge on any atom is -0.330 e. The fourth-order valence-corrected chi connectivity index (χ4v) is 1.62. The van der Waals surface area contributed by atoms with Crippen molar-refractivity contribution in [3.63, 3.8) is 0 Å². The predicted molar refractivity (Wildman–Crippen MR) is 62.5 cm³/mol. The van der Waals surface area contributed by atoms with Gasteiger partial charge in [0.15, 0.2) is 0 Å². The van der Waals surface area contributed by atoms with Crippen LogP contribution in [0.2, 0.25) is 0 Å². The summed E-state index contributed by atoms with van der Waals surface area (Å²) in [5.41, 5.74) is 0.498. The molecule has 5 heteroatoms. The number of fused-ring (bicyclic) bond motifs is 1. The Morgan fingerprint density at radius 1 is 1.22 bits per heavy atom. The van der Waals surface area contributed by atoms with Crippen LogP contribution in [0, 0.1) is 0 Å². The Bertz CT molecular complexity index is 501. The fourth-order valence-electron chi connectivity index (χ4n) is 1.62. The molecule has 0 unspecified atom stereocenters. The first-order chi connectivity index (χ1) is 8.65. The summed E-state index contributed by atoms with van der Waals surface area (Å²) in [5.74, 6) is -1.85. The third-order valence-electron chi connectivity index (χ3n) is 2.50. The molecule has 5 nitrogen and oxygen atoms in total. The number of hydrogen-bond donors (Lipinski definition) is 0. The second-order valence-corrected chi connectivity index (χ2v) is 3.74. The molecule has 1 aromatic carbocycles. The molecule has 1 aliphatic heterocycles. The molecule has 18 heavy (non-hydrogen) atoms. The largest absolute Gasteiger partial charge is 0.333 e. The quantitative estimate of drug-likeness (QED) is 0.598. The zero-order valence-corrected chi connectivity index (χ0v) is 9.59. The van der Waals surface area contributed by atoms with Crippen LogP contribution in [-0.4, -0.2) is 22.8 Å². The Kier molecular flexibility index (Phi) is 3.23. The summed E-state index contributed by atoms with van der Waals surface area (Å²) in [4.78, 5) is 39.8. The van der Waals surface area contributed by atoms with E-state index < -0.39 is 17.8 Å². The van der Waals surface area contributed by atoms with Gasteiger partial charge < -0.3 is 4.84 Å². The Morgan fingerprint density at radius 3 is 2.28 bits per heavy atom. The molecule has 2 rings (SSSR count). The van der Waals surface area contributed by atoms with Gasteiger partial charge in [-0.05, 0) is 18.6 Å². The van der Waals surface area contributed by atoms with Gasteiger partial charge in [0.2, 0.25) is 0 Å². The number of imide groups is 1. The second-order valence-electron chi connectivity index (χ2n) is 3.74. The van der Waals surface area contributed by atoms with E-state index in [4.69, 9.17) is 4.84 Å². The number of carbonyl (C=O) groups is 3. The summed E-state index contributed by atoms with van der Waals surface area (Å²) in [6.45, 7) is 3.47. The van der Waals surface area contributed by atoms with Crippen molar-refractivity contribution in [1.29, 1.82) is 0 Å². The molecule has 1 aromatic rings. The van der Waals surface area contributed by atoms with Crippen molar-refractivity contribution >= 4 is 17.8 Å². The van der Waals surface area contributed by atoms with Gasteiger partial charge in [-0.15, -0.1) is 6.58 Å². The minimum atomic E-state index is -0.635. The topological polar surface area (TPSA) is 63.7 Å². The maximum absolute atomic E-state index is 11.8. The predicted octanol–water partition coefficient (Wildman–Crippen LogP) is 1.71. The molecule has 0 spiro atoms. The molecule has 0 saturated carbocycles. The number of hydrogen-bond acceptors (Lipinski definition) is 4. The van der Waals surface area contributed by atoms with Gasteiger partial charge in [0.1, 0.15) is 0 Å². The van der Waals surface area contributed by atoms with Gasteiger partial charge >= 0.3 is 5.97 Å². The second kappa shape index (κ2) is 4.83. The van der Waals surface area contributed by atoms with E-state index in [1.54, 1.807) is 18.2 Å². The molecule has 92 valence electrons. The number of amides is 2. The number of carbonyl (C=O) groups excluding carboxylic acids is 3. The lowest BCUT2D eigenvalue weighted by molar-refractivity contribution is -0.168. The first kappa shape index (κ1) is 12.0. The normalized spacial score (nSPS) is 13.4. The molecular weight excluding hydrogens is 234 g/mol. The Hall–Kier alpha value is -2.43. The standard InChI is InChI=1S/C13H11NO4/c1-2-3-8-11(15)18-14-12(16)9-6-4-5-7-10(9)13(14)17/h2,4-7H,1,3,8H2. The van der Waals surface area contributed by atoms with Crippen LogP contribution in [0.25, 0.3) is 0 Å². The zero-order valence-electron chi connectivity index (χ0n) is 9.59. The van der Waals surface area contributed by atoms with E-state index >= 15 is 0 Å². The SMILES string of the molecule is C=CCCC(=O)ON1C(=O)c2ccccc2C1=O. The molecule has 0 radical (unpaired) electrons. The van der Waals surface area contributed by atoms with Crippen molar-refractivity contribution in [3.05, 3.63) is 48.0 Å². The van der Waals surface area contributed by atoms with Gasteiger partial charge in [-0.1, -0.05) is 23.3 Å². The summed E-state index contributed by atoms with van der Waals surface area (Å²) < 4.78 is 0. The van der Waals surface area contributed by atoms with Crippen LogP contribution < -0.4 is 0 Å². The van der Waals surface area contributed by atoms with Gasteiger partial charge in [0, 0.05) is 0 Å². The molecule has 1 aliphatic rings. The van der Waals surface area contributed by atoms with Crippen molar-refractivity contribution in [1.82, 2.24) is 5.06 Å². The number of benzene rings is 1. The van der Waals surface area contributed by atoms with Crippen molar-refractivity contribution in [3.8, 4) is 0 Å². The van der Waals surface area contributed by atoms with E-state index in [0.717, 1.165) is 0 Å². The highest BCUT2D eigenvalue weighted by Crippen LogP contribution is 2.22. The van der Waals surface area contributed by atoms with E-state index in [9.17, 15) is 14.4 Å². The van der Waals surface area contributed by atoms with Crippen molar-refractivity contribution < 1.29 is 19.2 Å². The van der Waals surface area contributed by atoms with E-state index in [1.165, 1.54) is 12.1 Å². The minimum absolute atomic E-state index is 0.0803. The van der Waals surface area contributed by atoms with Gasteiger partial charge in [0.25, 0.3) is 11.8 Å². The summed E-state index contributed by atoms with van der Waals surface area (Å²) in [6, 6.07) is 6.33. The molecule has 0 atom stereocenters. The highest BCUT2D eigenvalue weighted by Gasteiger charge is 2.38. The Morgan fingerprint density at radius 2 is 1.78 bits per heavy atom. The van der Waals surface area contributed by atoms with Crippen molar-refractivity contribution in [2.24, 2.45) is 0 Å². The van der Waals surface area contributed by atoms with E-state index in [2.05, 4.69) is 6.58 Å². The molecule has 1 heterocycles. The fraction of sp³-hybridized carbons (Fsp3) is 0.154. The molecule has 0 aromatic heterocycles. The van der Waals surface area contributed by atoms with Crippen LogP contribution in [0.1, 0.15) is 33.6 Å². The first-order valence-electron chi connectivity index (χ1n) is 5.44. The Balaban J connectivity index is 2.14. The van der Waals surface area contributed by atoms with Gasteiger partial charge in [-0.2, -0.15) is 0 Å². The molecule has 0 aliphatic carbocycles. The molecule has 2 amide bonds. The average Bonchev–Trinajstić information content (AvgIpc) is 2.62. The maximum atomic E-state index is 11.8. The van der Waals surface area contributed by atoms with Crippen LogP contribution in [0.15, 0.2) is 36.9 Å². The van der Waals surface area contributed by atoms with Crippen LogP contribution in [0.3, 0.4) is 0 Å². The van der Waals surface area contributed by atoms with E-state index in [-0.39, 0.29) is 17.5 Å². The lowest BCUT2D eigenvalue weighted by Gasteiger charge is -2.11. The van der Waals surface area contributed by atoms with Crippen LogP contribution >= 0.6 is 0 Å². The van der Waals surface area contributed by atoms with Crippen LogP contribution in [-0.2, 0) is 9.63 Å². The molecule has 0 N–H and O–H groups in total. The summed E-state index contributed by atoms with van der Waals surface area (Å²) in [5, 5.41) is 0.510. The molecule has 0 bridgehead atoms. The summed E-state index contributed by atoms with van der Waals surface area (Å²) in [6.07, 6.45) is 2.07.